The Morgan fingerprint density at radius 1 is 1.41 bits per heavy atom. The van der Waals surface area contributed by atoms with Gasteiger partial charge in [0.1, 0.15) is 5.69 Å². The van der Waals surface area contributed by atoms with Gasteiger partial charge in [0.2, 0.25) is 0 Å². The summed E-state index contributed by atoms with van der Waals surface area (Å²) in [5.74, 6) is -0.377. The van der Waals surface area contributed by atoms with Gasteiger partial charge in [0.15, 0.2) is 0 Å². The van der Waals surface area contributed by atoms with Crippen molar-refractivity contribution in [1.82, 2.24) is 9.97 Å². The number of hydrogen-bond acceptors (Lipinski definition) is 3. The third-order valence-electron chi connectivity index (χ3n) is 2.26. The van der Waals surface area contributed by atoms with Crippen LogP contribution in [0, 0.1) is 0 Å². The van der Waals surface area contributed by atoms with Gasteiger partial charge in [-0.15, -0.1) is 0 Å². The van der Waals surface area contributed by atoms with Crippen molar-refractivity contribution in [2.45, 2.75) is 6.54 Å². The molecule has 88 valence electrons. The van der Waals surface area contributed by atoms with Crippen molar-refractivity contribution in [3.8, 4) is 0 Å². The second kappa shape index (κ2) is 4.67. The first-order valence-corrected chi connectivity index (χ1v) is 5.07. The van der Waals surface area contributed by atoms with Crippen LogP contribution in [0.2, 0.25) is 0 Å². The van der Waals surface area contributed by atoms with Crippen molar-refractivity contribution in [1.29, 1.82) is 0 Å². The van der Waals surface area contributed by atoms with Gasteiger partial charge in [0.05, 0.1) is 0 Å². The summed E-state index contributed by atoms with van der Waals surface area (Å²) in [6.07, 6.45) is 1.32. The van der Waals surface area contributed by atoms with Crippen LogP contribution in [-0.2, 0) is 6.54 Å². The Kier molecular flexibility index (Phi) is 3.06. The van der Waals surface area contributed by atoms with Crippen molar-refractivity contribution < 1.29 is 4.79 Å². The van der Waals surface area contributed by atoms with E-state index in [0.717, 1.165) is 5.56 Å². The summed E-state index contributed by atoms with van der Waals surface area (Å²) in [6, 6.07) is 7.20. The molecule has 17 heavy (non-hydrogen) atoms. The van der Waals surface area contributed by atoms with E-state index in [1.165, 1.54) is 6.20 Å². The number of benzene rings is 1. The quantitative estimate of drug-likeness (QED) is 0.616. The average Bonchev–Trinajstić information content (AvgIpc) is 2.76. The van der Waals surface area contributed by atoms with Gasteiger partial charge in [0.25, 0.3) is 5.91 Å². The third kappa shape index (κ3) is 2.61. The lowest BCUT2D eigenvalue weighted by atomic mass is 10.2. The second-order valence-corrected chi connectivity index (χ2v) is 3.52. The molecule has 0 fully saturated rings. The maximum atomic E-state index is 11.7. The highest BCUT2D eigenvalue weighted by Crippen LogP contribution is 2.10. The largest absolute Gasteiger partial charge is 0.326 e. The zero-order valence-corrected chi connectivity index (χ0v) is 8.99. The molecule has 1 aromatic carbocycles. The Hall–Kier alpha value is -2.34. The number of amides is 1. The van der Waals surface area contributed by atoms with Crippen LogP contribution in [0.1, 0.15) is 16.1 Å². The predicted molar refractivity (Wildman–Crippen MR) is 63.7 cm³/mol. The van der Waals surface area contributed by atoms with Gasteiger partial charge in [-0.05, 0) is 17.7 Å². The monoisotopic (exact) mass is 232 g/mol. The molecule has 0 radical (unpaired) electrons. The summed E-state index contributed by atoms with van der Waals surface area (Å²) in [6.45, 7) is 0.407. The normalized spacial score (nSPS) is 10.2. The summed E-state index contributed by atoms with van der Waals surface area (Å²) < 4.78 is 0. The lowest BCUT2D eigenvalue weighted by molar-refractivity contribution is 0.102. The lowest BCUT2D eigenvalue weighted by Gasteiger charge is -2.04. The van der Waals surface area contributed by atoms with E-state index in [-0.39, 0.29) is 11.6 Å². The molecule has 5 N–H and O–H groups in total. The number of nitrogens with one attached hydrogen (secondary N) is 3. The van der Waals surface area contributed by atoms with E-state index in [1.54, 1.807) is 18.2 Å². The molecule has 1 heterocycles. The van der Waals surface area contributed by atoms with Crippen LogP contribution in [-0.4, -0.2) is 15.9 Å². The molecule has 0 atom stereocenters. The number of anilines is 1. The minimum Gasteiger partial charge on any atom is -0.326 e. The zero-order chi connectivity index (χ0) is 12.3. The standard InChI is InChI=1S/C11H12N4O2/c12-5-7-2-1-3-8(4-7)14-10(16)9-6-13-11(17)15-9/h1-4,6H,5,12H2,(H,14,16)(H2,13,15,17). The number of aromatic amines is 2. The van der Waals surface area contributed by atoms with E-state index in [4.69, 9.17) is 5.73 Å². The van der Waals surface area contributed by atoms with Crippen LogP contribution < -0.4 is 16.7 Å². The van der Waals surface area contributed by atoms with Gasteiger partial charge >= 0.3 is 5.69 Å². The molecular weight excluding hydrogens is 220 g/mol. The van der Waals surface area contributed by atoms with Crippen molar-refractivity contribution in [2.24, 2.45) is 5.73 Å². The average molecular weight is 232 g/mol. The number of carbonyl (C=O) groups is 1. The third-order valence-corrected chi connectivity index (χ3v) is 2.26. The van der Waals surface area contributed by atoms with E-state index in [0.29, 0.717) is 12.2 Å². The predicted octanol–water partition coefficient (Wildman–Crippen LogP) is 0.414. The maximum absolute atomic E-state index is 11.7. The highest BCUT2D eigenvalue weighted by atomic mass is 16.2. The molecule has 2 rings (SSSR count). The fraction of sp³-hybridized carbons (Fsp3) is 0.0909. The summed E-state index contributed by atoms with van der Waals surface area (Å²) >= 11 is 0. The molecule has 0 bridgehead atoms. The minimum atomic E-state index is -0.411. The van der Waals surface area contributed by atoms with Crippen molar-refractivity contribution in [3.05, 3.63) is 52.2 Å². The Balaban J connectivity index is 2.15. The van der Waals surface area contributed by atoms with Crippen molar-refractivity contribution in [3.63, 3.8) is 0 Å². The van der Waals surface area contributed by atoms with Crippen LogP contribution >= 0.6 is 0 Å². The molecule has 0 saturated carbocycles. The number of carbonyl (C=O) groups excluding carboxylic acids is 1. The molecule has 1 amide bonds. The molecule has 2 aromatic rings. The Labute approximate surface area is 96.9 Å². The van der Waals surface area contributed by atoms with Crippen LogP contribution in [0.4, 0.5) is 5.69 Å². The van der Waals surface area contributed by atoms with E-state index in [1.807, 2.05) is 6.07 Å². The second-order valence-electron chi connectivity index (χ2n) is 3.52. The fourth-order valence-corrected chi connectivity index (χ4v) is 1.43. The summed E-state index contributed by atoms with van der Waals surface area (Å²) in [7, 11) is 0. The first-order chi connectivity index (χ1) is 8.19. The van der Waals surface area contributed by atoms with Gasteiger partial charge in [-0.3, -0.25) is 4.79 Å². The van der Waals surface area contributed by atoms with Crippen molar-refractivity contribution >= 4 is 11.6 Å². The smallest absolute Gasteiger partial charge is 0.323 e. The Morgan fingerprint density at radius 3 is 2.88 bits per heavy atom. The van der Waals surface area contributed by atoms with Gasteiger partial charge in [-0.1, -0.05) is 12.1 Å². The van der Waals surface area contributed by atoms with Gasteiger partial charge in [0, 0.05) is 18.4 Å². The molecular formula is C11H12N4O2. The number of nitrogens with two attached hydrogens (primary N) is 1. The number of hydrogen-bond donors (Lipinski definition) is 4. The maximum Gasteiger partial charge on any atom is 0.323 e. The molecule has 1 aromatic heterocycles. The Bertz CT molecular complexity index is 585. The Morgan fingerprint density at radius 2 is 2.24 bits per heavy atom. The summed E-state index contributed by atoms with van der Waals surface area (Å²) in [5, 5.41) is 2.66. The molecule has 0 unspecified atom stereocenters. The van der Waals surface area contributed by atoms with E-state index in [2.05, 4.69) is 15.3 Å². The van der Waals surface area contributed by atoms with Gasteiger partial charge < -0.3 is 21.0 Å². The molecule has 6 heteroatoms. The fourth-order valence-electron chi connectivity index (χ4n) is 1.43. The molecule has 0 aliphatic heterocycles. The van der Waals surface area contributed by atoms with E-state index >= 15 is 0 Å². The molecule has 0 aliphatic rings. The first-order valence-electron chi connectivity index (χ1n) is 5.07. The summed E-state index contributed by atoms with van der Waals surface area (Å²) in [5.41, 5.74) is 6.84. The van der Waals surface area contributed by atoms with E-state index < -0.39 is 5.69 Å². The zero-order valence-electron chi connectivity index (χ0n) is 8.99. The summed E-state index contributed by atoms with van der Waals surface area (Å²) in [4.78, 5) is 27.3. The highest BCUT2D eigenvalue weighted by molar-refractivity contribution is 6.02. The topological polar surface area (TPSA) is 104 Å². The SMILES string of the molecule is NCc1cccc(NC(=O)c2c[nH]c(=O)[nH]2)c1. The molecule has 0 spiro atoms. The number of aromatic nitrogens is 2. The van der Waals surface area contributed by atoms with Crippen LogP contribution in [0.3, 0.4) is 0 Å². The first kappa shape index (κ1) is 11.2. The van der Waals surface area contributed by atoms with Crippen LogP contribution in [0.25, 0.3) is 0 Å². The van der Waals surface area contributed by atoms with Crippen LogP contribution in [0.5, 0.6) is 0 Å². The lowest BCUT2D eigenvalue weighted by Crippen LogP contribution is -2.14. The van der Waals surface area contributed by atoms with Gasteiger partial charge in [-0.2, -0.15) is 0 Å². The number of rotatable bonds is 3. The molecule has 0 aliphatic carbocycles. The van der Waals surface area contributed by atoms with Crippen molar-refractivity contribution in [2.75, 3.05) is 5.32 Å². The molecule has 6 nitrogen and oxygen atoms in total. The molecule has 0 saturated heterocycles. The minimum absolute atomic E-state index is 0.188. The van der Waals surface area contributed by atoms with E-state index in [9.17, 15) is 9.59 Å². The van der Waals surface area contributed by atoms with Crippen LogP contribution in [0.15, 0.2) is 35.3 Å². The van der Waals surface area contributed by atoms with Gasteiger partial charge in [-0.25, -0.2) is 4.79 Å². The highest BCUT2D eigenvalue weighted by Gasteiger charge is 2.07. The number of H-pyrrole nitrogens is 2. The number of imidazole rings is 1.